The quantitative estimate of drug-likeness (QED) is 0.836. The lowest BCUT2D eigenvalue weighted by molar-refractivity contribution is 0.414. The number of methoxy groups -OCH3 is 1. The molecule has 1 aromatic carbocycles. The minimum Gasteiger partial charge on any atom is -0.497 e. The molecule has 1 aromatic heterocycles. The van der Waals surface area contributed by atoms with Gasteiger partial charge < -0.3 is 10.1 Å². The van der Waals surface area contributed by atoms with Crippen molar-refractivity contribution in [3.8, 4) is 11.4 Å². The van der Waals surface area contributed by atoms with E-state index >= 15 is 0 Å². The molecular weight excluding hydrogens is 216 g/mol. The van der Waals surface area contributed by atoms with Gasteiger partial charge in [0.25, 0.3) is 0 Å². The second-order valence-electron chi connectivity index (χ2n) is 3.69. The Kier molecular flexibility index (Phi) is 3.72. The van der Waals surface area contributed by atoms with Crippen LogP contribution in [0.2, 0.25) is 0 Å². The molecule has 0 aliphatic rings. The van der Waals surface area contributed by atoms with Gasteiger partial charge in [-0.3, -0.25) is 0 Å². The van der Waals surface area contributed by atoms with Gasteiger partial charge in [-0.05, 0) is 31.3 Å². The first-order valence-corrected chi connectivity index (χ1v) is 5.53. The zero-order valence-corrected chi connectivity index (χ0v) is 10.1. The van der Waals surface area contributed by atoms with Crippen molar-refractivity contribution in [3.63, 3.8) is 0 Å². The molecule has 1 N–H and O–H groups in total. The van der Waals surface area contributed by atoms with E-state index in [9.17, 15) is 0 Å². The van der Waals surface area contributed by atoms with Crippen LogP contribution < -0.4 is 10.1 Å². The molecule has 2 rings (SSSR count). The van der Waals surface area contributed by atoms with Gasteiger partial charge >= 0.3 is 0 Å². The van der Waals surface area contributed by atoms with Gasteiger partial charge in [0.1, 0.15) is 5.75 Å². The van der Waals surface area contributed by atoms with Gasteiger partial charge in [-0.2, -0.15) is 0 Å². The molecule has 2 aromatic rings. The Morgan fingerprint density at radius 1 is 1.29 bits per heavy atom. The van der Waals surface area contributed by atoms with Crippen LogP contribution in [0.25, 0.3) is 5.69 Å². The van der Waals surface area contributed by atoms with Gasteiger partial charge in [0.15, 0.2) is 0 Å². The highest BCUT2D eigenvalue weighted by atomic mass is 16.5. The first-order chi connectivity index (χ1) is 8.35. The van der Waals surface area contributed by atoms with E-state index in [0.29, 0.717) is 0 Å². The Morgan fingerprint density at radius 2 is 2.06 bits per heavy atom. The summed E-state index contributed by atoms with van der Waals surface area (Å²) in [5.74, 6) is 0.839. The van der Waals surface area contributed by atoms with E-state index in [1.807, 2.05) is 36.0 Å². The number of aromatic nitrogens is 3. The summed E-state index contributed by atoms with van der Waals surface area (Å²) in [7, 11) is 3.59. The van der Waals surface area contributed by atoms with Gasteiger partial charge in [0, 0.05) is 13.0 Å². The van der Waals surface area contributed by atoms with Crippen molar-refractivity contribution in [3.05, 3.63) is 36.2 Å². The maximum absolute atomic E-state index is 5.13. The van der Waals surface area contributed by atoms with Gasteiger partial charge in [-0.15, -0.1) is 5.10 Å². The number of likely N-dealkylation sites (N-methyl/N-ethyl adjacent to an activating group) is 1. The predicted octanol–water partition coefficient (Wildman–Crippen LogP) is 1.04. The fourth-order valence-corrected chi connectivity index (χ4v) is 1.62. The normalized spacial score (nSPS) is 10.5. The zero-order valence-electron chi connectivity index (χ0n) is 10.1. The molecule has 0 atom stereocenters. The van der Waals surface area contributed by atoms with Gasteiger partial charge in [-0.25, -0.2) is 4.68 Å². The average molecular weight is 232 g/mol. The van der Waals surface area contributed by atoms with Gasteiger partial charge in [0.2, 0.25) is 0 Å². The molecule has 1 heterocycles. The van der Waals surface area contributed by atoms with Crippen molar-refractivity contribution >= 4 is 0 Å². The lowest BCUT2D eigenvalue weighted by Gasteiger charge is -2.06. The van der Waals surface area contributed by atoms with Crippen molar-refractivity contribution in [2.75, 3.05) is 20.7 Å². The molecule has 17 heavy (non-hydrogen) atoms. The fraction of sp³-hybridized carbons (Fsp3) is 0.333. The highest BCUT2D eigenvalue weighted by Crippen LogP contribution is 2.15. The molecule has 0 aliphatic carbocycles. The Morgan fingerprint density at radius 3 is 2.71 bits per heavy atom. The molecule has 0 amide bonds. The number of hydrogen-bond donors (Lipinski definition) is 1. The highest BCUT2D eigenvalue weighted by molar-refractivity contribution is 5.37. The fourth-order valence-electron chi connectivity index (χ4n) is 1.62. The van der Waals surface area contributed by atoms with Crippen LogP contribution in [0.4, 0.5) is 0 Å². The molecule has 0 saturated heterocycles. The van der Waals surface area contributed by atoms with E-state index in [1.165, 1.54) is 0 Å². The molecular formula is C12H16N4O. The maximum Gasteiger partial charge on any atom is 0.119 e. The molecule has 5 heteroatoms. The summed E-state index contributed by atoms with van der Waals surface area (Å²) in [6.45, 7) is 0.906. The van der Waals surface area contributed by atoms with Crippen molar-refractivity contribution in [2.45, 2.75) is 6.42 Å². The third kappa shape index (κ3) is 2.62. The molecule has 0 radical (unpaired) electrons. The second-order valence-corrected chi connectivity index (χ2v) is 3.69. The first-order valence-electron chi connectivity index (χ1n) is 5.53. The highest BCUT2D eigenvalue weighted by Gasteiger charge is 2.05. The Bertz CT molecular complexity index is 464. The number of nitrogens with one attached hydrogen (secondary N) is 1. The van der Waals surface area contributed by atoms with Crippen molar-refractivity contribution < 1.29 is 4.74 Å². The van der Waals surface area contributed by atoms with Gasteiger partial charge in [-0.1, -0.05) is 5.21 Å². The number of nitrogens with zero attached hydrogens (tertiary/aromatic N) is 3. The molecule has 0 saturated carbocycles. The summed E-state index contributed by atoms with van der Waals surface area (Å²) in [6.07, 6.45) is 2.69. The third-order valence-corrected chi connectivity index (χ3v) is 2.57. The molecule has 0 unspecified atom stereocenters. The topological polar surface area (TPSA) is 52.0 Å². The predicted molar refractivity (Wildman–Crippen MR) is 65.5 cm³/mol. The number of ether oxygens (including phenoxy) is 1. The summed E-state index contributed by atoms with van der Waals surface area (Å²) < 4.78 is 6.97. The summed E-state index contributed by atoms with van der Waals surface area (Å²) in [4.78, 5) is 0. The molecule has 90 valence electrons. The monoisotopic (exact) mass is 232 g/mol. The smallest absolute Gasteiger partial charge is 0.119 e. The number of benzene rings is 1. The zero-order chi connectivity index (χ0) is 12.1. The van der Waals surface area contributed by atoms with Crippen LogP contribution in [0.5, 0.6) is 5.75 Å². The van der Waals surface area contributed by atoms with E-state index in [2.05, 4.69) is 15.6 Å². The molecule has 0 fully saturated rings. The van der Waals surface area contributed by atoms with E-state index in [0.717, 1.165) is 30.1 Å². The summed E-state index contributed by atoms with van der Waals surface area (Å²) >= 11 is 0. The van der Waals surface area contributed by atoms with Crippen LogP contribution in [0.3, 0.4) is 0 Å². The number of hydrogen-bond acceptors (Lipinski definition) is 4. The van der Waals surface area contributed by atoms with Crippen LogP contribution in [0.15, 0.2) is 30.5 Å². The molecule has 0 spiro atoms. The van der Waals surface area contributed by atoms with Crippen LogP contribution in [-0.4, -0.2) is 35.7 Å². The molecule has 0 aliphatic heterocycles. The third-order valence-electron chi connectivity index (χ3n) is 2.57. The first kappa shape index (κ1) is 11.6. The van der Waals surface area contributed by atoms with Crippen LogP contribution in [-0.2, 0) is 6.42 Å². The van der Waals surface area contributed by atoms with Crippen molar-refractivity contribution in [1.82, 2.24) is 20.3 Å². The summed E-state index contributed by atoms with van der Waals surface area (Å²) in [6, 6.07) is 7.77. The lowest BCUT2D eigenvalue weighted by atomic mass is 10.2. The Balaban J connectivity index is 2.23. The standard InChI is InChI=1S/C12H16N4O/c1-13-8-7-11-9-14-15-16(11)10-3-5-12(17-2)6-4-10/h3-6,9,13H,7-8H2,1-2H3. The second kappa shape index (κ2) is 5.45. The summed E-state index contributed by atoms with van der Waals surface area (Å²) in [5.41, 5.74) is 2.08. The largest absolute Gasteiger partial charge is 0.497 e. The minimum atomic E-state index is 0.839. The van der Waals surface area contributed by atoms with E-state index < -0.39 is 0 Å². The van der Waals surface area contributed by atoms with Crippen molar-refractivity contribution in [1.29, 1.82) is 0 Å². The summed E-state index contributed by atoms with van der Waals surface area (Å²) in [5, 5.41) is 11.2. The minimum absolute atomic E-state index is 0.839. The lowest BCUT2D eigenvalue weighted by Crippen LogP contribution is -2.13. The van der Waals surface area contributed by atoms with Crippen LogP contribution in [0.1, 0.15) is 5.69 Å². The SMILES string of the molecule is CNCCc1cnnn1-c1ccc(OC)cc1. The van der Waals surface area contributed by atoms with Gasteiger partial charge in [0.05, 0.1) is 24.7 Å². The molecule has 5 nitrogen and oxygen atoms in total. The maximum atomic E-state index is 5.13. The molecule has 0 bridgehead atoms. The Labute approximate surface area is 100 Å². The van der Waals surface area contributed by atoms with E-state index in [4.69, 9.17) is 4.74 Å². The van der Waals surface area contributed by atoms with Crippen LogP contribution >= 0.6 is 0 Å². The van der Waals surface area contributed by atoms with Crippen LogP contribution in [0, 0.1) is 0 Å². The Hall–Kier alpha value is -1.88. The number of rotatable bonds is 5. The van der Waals surface area contributed by atoms with E-state index in [-0.39, 0.29) is 0 Å². The van der Waals surface area contributed by atoms with E-state index in [1.54, 1.807) is 13.3 Å². The van der Waals surface area contributed by atoms with Crippen molar-refractivity contribution in [2.24, 2.45) is 0 Å². The average Bonchev–Trinajstić information content (AvgIpc) is 2.84.